The molecule has 8 heteroatoms. The third kappa shape index (κ3) is 3.07. The Morgan fingerprint density at radius 2 is 1.93 bits per heavy atom. The first-order valence-corrected chi connectivity index (χ1v) is 10.2. The quantitative estimate of drug-likeness (QED) is 0.852. The van der Waals surface area contributed by atoms with Gasteiger partial charge in [-0.3, -0.25) is 14.4 Å². The summed E-state index contributed by atoms with van der Waals surface area (Å²) in [6.45, 7) is 3.81. The molecule has 3 aliphatic rings. The van der Waals surface area contributed by atoms with Crippen molar-refractivity contribution in [1.29, 1.82) is 0 Å². The molecule has 0 unspecified atom stereocenters. The lowest BCUT2D eigenvalue weighted by molar-refractivity contribution is -0.147. The molecule has 29 heavy (non-hydrogen) atoms. The average molecular weight is 395 g/mol. The maximum Gasteiger partial charge on any atom is 0.322 e. The number of amides is 3. The van der Waals surface area contributed by atoms with Gasteiger partial charge in [0.2, 0.25) is 5.91 Å². The molecule has 8 nitrogen and oxygen atoms in total. The van der Waals surface area contributed by atoms with Crippen molar-refractivity contribution in [3.8, 4) is 0 Å². The number of nitrogens with one attached hydrogen (secondary N) is 1. The molecule has 1 aromatic heterocycles. The fourth-order valence-corrected chi connectivity index (χ4v) is 4.58. The molecule has 0 aliphatic carbocycles. The average Bonchev–Trinajstić information content (AvgIpc) is 3.37. The second-order valence-electron chi connectivity index (χ2n) is 7.99. The van der Waals surface area contributed by atoms with Gasteiger partial charge in [0.1, 0.15) is 0 Å². The van der Waals surface area contributed by atoms with Crippen molar-refractivity contribution in [2.45, 2.75) is 24.3 Å². The molecule has 4 heterocycles. The first-order chi connectivity index (χ1) is 14.2. The fourth-order valence-electron chi connectivity index (χ4n) is 4.58. The summed E-state index contributed by atoms with van der Waals surface area (Å²) in [7, 11) is 0. The van der Waals surface area contributed by atoms with Gasteiger partial charge in [0.25, 0.3) is 0 Å². The third-order valence-corrected chi connectivity index (χ3v) is 6.36. The first-order valence-electron chi connectivity index (χ1n) is 10.2. The van der Waals surface area contributed by atoms with Crippen LogP contribution in [0.25, 0.3) is 0 Å². The Kier molecular flexibility index (Phi) is 4.50. The molecule has 0 atom stereocenters. The second kappa shape index (κ2) is 7.18. The van der Waals surface area contributed by atoms with Crippen molar-refractivity contribution in [2.75, 3.05) is 44.3 Å². The van der Waals surface area contributed by atoms with Gasteiger partial charge in [0, 0.05) is 45.6 Å². The molecular weight excluding hydrogens is 370 g/mol. The van der Waals surface area contributed by atoms with E-state index in [2.05, 4.69) is 22.5 Å². The summed E-state index contributed by atoms with van der Waals surface area (Å²) in [5, 5.41) is 7.24. The lowest BCUT2D eigenvalue weighted by Gasteiger charge is -2.46. The fraction of sp³-hybridized carbons (Fsp3) is 0.476. The minimum atomic E-state index is -0.493. The highest BCUT2D eigenvalue weighted by Crippen LogP contribution is 2.39. The highest BCUT2D eigenvalue weighted by atomic mass is 16.5. The van der Waals surface area contributed by atoms with Crippen LogP contribution in [0.1, 0.15) is 24.4 Å². The van der Waals surface area contributed by atoms with Crippen molar-refractivity contribution < 1.29 is 14.3 Å². The second-order valence-corrected chi connectivity index (χ2v) is 7.99. The highest BCUT2D eigenvalue weighted by Gasteiger charge is 2.47. The molecule has 0 spiro atoms. The maximum atomic E-state index is 13.5. The topological polar surface area (TPSA) is 79.7 Å². The van der Waals surface area contributed by atoms with E-state index in [1.54, 1.807) is 11.1 Å². The summed E-state index contributed by atoms with van der Waals surface area (Å²) >= 11 is 0. The van der Waals surface area contributed by atoms with Crippen molar-refractivity contribution >= 4 is 17.6 Å². The van der Waals surface area contributed by atoms with Crippen LogP contribution >= 0.6 is 0 Å². The Hall–Kier alpha value is -2.87. The smallest absolute Gasteiger partial charge is 0.322 e. The number of hydrogen-bond acceptors (Lipinski definition) is 4. The predicted octanol–water partition coefficient (Wildman–Crippen LogP) is 1.54. The van der Waals surface area contributed by atoms with Gasteiger partial charge in [-0.2, -0.15) is 5.10 Å². The standard InChI is InChI=1S/C21H25N5O3/c27-19(21(6-10-29-11-7-21)16-4-2-1-3-5-16)24-13-18(14-24)26-15-17(12-23-26)25-9-8-22-20(25)28/h1-5,12,15,18H,6-11,13-14H2,(H,22,28). The van der Waals surface area contributed by atoms with E-state index < -0.39 is 5.41 Å². The molecule has 3 amide bonds. The molecule has 0 radical (unpaired) electrons. The maximum absolute atomic E-state index is 13.5. The number of nitrogens with zero attached hydrogens (tertiary/aromatic N) is 4. The number of ether oxygens (including phenoxy) is 1. The van der Waals surface area contributed by atoms with E-state index in [-0.39, 0.29) is 18.0 Å². The molecule has 1 aromatic carbocycles. The Bertz CT molecular complexity index is 900. The van der Waals surface area contributed by atoms with E-state index in [1.807, 2.05) is 34.0 Å². The molecule has 1 N–H and O–H groups in total. The number of carbonyl (C=O) groups is 2. The minimum absolute atomic E-state index is 0.0840. The summed E-state index contributed by atoms with van der Waals surface area (Å²) in [6.07, 6.45) is 5.05. The normalized spacial score (nSPS) is 21.7. The zero-order valence-electron chi connectivity index (χ0n) is 16.3. The van der Waals surface area contributed by atoms with Crippen LogP contribution in [0.2, 0.25) is 0 Å². The Morgan fingerprint density at radius 3 is 2.62 bits per heavy atom. The van der Waals surface area contributed by atoms with Gasteiger partial charge >= 0.3 is 6.03 Å². The number of anilines is 1. The van der Waals surface area contributed by atoms with Crippen LogP contribution in [0.3, 0.4) is 0 Å². The van der Waals surface area contributed by atoms with E-state index in [9.17, 15) is 9.59 Å². The number of urea groups is 1. The molecule has 0 saturated carbocycles. The summed E-state index contributed by atoms with van der Waals surface area (Å²) in [6, 6.07) is 10.2. The van der Waals surface area contributed by atoms with Crippen LogP contribution in [-0.4, -0.2) is 66.0 Å². The SMILES string of the molecule is O=C1NCCN1c1cnn(C2CN(C(=O)C3(c4ccccc4)CCOCC3)C2)c1. The van der Waals surface area contributed by atoms with Crippen LogP contribution < -0.4 is 10.2 Å². The third-order valence-electron chi connectivity index (χ3n) is 6.36. The summed E-state index contributed by atoms with van der Waals surface area (Å²) in [5.74, 6) is 0.189. The predicted molar refractivity (Wildman–Crippen MR) is 107 cm³/mol. The number of hydrogen-bond donors (Lipinski definition) is 1. The van der Waals surface area contributed by atoms with Crippen molar-refractivity contribution in [3.05, 3.63) is 48.3 Å². The highest BCUT2D eigenvalue weighted by molar-refractivity contribution is 5.93. The first kappa shape index (κ1) is 18.2. The molecule has 3 fully saturated rings. The van der Waals surface area contributed by atoms with Crippen molar-refractivity contribution in [2.24, 2.45) is 0 Å². The summed E-state index contributed by atoms with van der Waals surface area (Å²) in [5.41, 5.74) is 1.39. The van der Waals surface area contributed by atoms with Crippen molar-refractivity contribution in [3.63, 3.8) is 0 Å². The van der Waals surface area contributed by atoms with Gasteiger partial charge in [0.15, 0.2) is 0 Å². The Balaban J connectivity index is 1.29. The lowest BCUT2D eigenvalue weighted by Crippen LogP contribution is -2.58. The molecule has 2 aromatic rings. The number of rotatable bonds is 4. The minimum Gasteiger partial charge on any atom is -0.381 e. The molecule has 3 aliphatic heterocycles. The van der Waals surface area contributed by atoms with Crippen LogP contribution in [0.15, 0.2) is 42.7 Å². The van der Waals surface area contributed by atoms with Gasteiger partial charge in [-0.15, -0.1) is 0 Å². The van der Waals surface area contributed by atoms with Crippen LogP contribution in [0.4, 0.5) is 10.5 Å². The summed E-state index contributed by atoms with van der Waals surface area (Å²) < 4.78 is 7.44. The Morgan fingerprint density at radius 1 is 1.17 bits per heavy atom. The molecule has 3 saturated heterocycles. The van der Waals surface area contributed by atoms with Gasteiger partial charge < -0.3 is 15.0 Å². The van der Waals surface area contributed by atoms with Gasteiger partial charge in [0.05, 0.1) is 23.3 Å². The summed E-state index contributed by atoms with van der Waals surface area (Å²) in [4.78, 5) is 29.0. The van der Waals surface area contributed by atoms with Gasteiger partial charge in [-0.25, -0.2) is 4.79 Å². The molecule has 0 bridgehead atoms. The number of aromatic nitrogens is 2. The zero-order chi connectivity index (χ0) is 19.8. The Labute approximate surface area is 169 Å². The van der Waals surface area contributed by atoms with Gasteiger partial charge in [-0.05, 0) is 18.4 Å². The number of carbonyl (C=O) groups excluding carboxylic acids is 2. The van der Waals surface area contributed by atoms with Crippen LogP contribution in [0, 0.1) is 0 Å². The lowest BCUT2D eigenvalue weighted by atomic mass is 9.72. The van der Waals surface area contributed by atoms with Gasteiger partial charge in [-0.1, -0.05) is 30.3 Å². The van der Waals surface area contributed by atoms with Crippen LogP contribution in [-0.2, 0) is 14.9 Å². The van der Waals surface area contributed by atoms with Crippen LogP contribution in [0.5, 0.6) is 0 Å². The van der Waals surface area contributed by atoms with E-state index in [1.165, 1.54) is 0 Å². The largest absolute Gasteiger partial charge is 0.381 e. The zero-order valence-corrected chi connectivity index (χ0v) is 16.3. The van der Waals surface area contributed by atoms with E-state index in [0.717, 1.165) is 11.3 Å². The van der Waals surface area contributed by atoms with E-state index in [0.29, 0.717) is 52.2 Å². The molecule has 152 valence electrons. The molecular formula is C21H25N5O3. The molecule has 5 rings (SSSR count). The number of benzene rings is 1. The van der Waals surface area contributed by atoms with E-state index >= 15 is 0 Å². The monoisotopic (exact) mass is 395 g/mol. The number of likely N-dealkylation sites (tertiary alicyclic amines) is 1. The van der Waals surface area contributed by atoms with Crippen molar-refractivity contribution in [1.82, 2.24) is 20.0 Å². The van der Waals surface area contributed by atoms with E-state index in [4.69, 9.17) is 4.74 Å².